The average molecular weight is 595 g/mol. The maximum Gasteiger partial charge on any atom is 0.271 e. The largest absolute Gasteiger partial charge is 0.497 e. The molecule has 9 heteroatoms. The average Bonchev–Trinajstić information content (AvgIpc) is 2.84. The van der Waals surface area contributed by atoms with Crippen molar-refractivity contribution in [1.82, 2.24) is 5.43 Å². The molecule has 0 aliphatic rings. The first-order valence-corrected chi connectivity index (χ1v) is 11.8. The Balaban J connectivity index is 1.73. The van der Waals surface area contributed by atoms with E-state index in [-0.39, 0.29) is 0 Å². The Hall–Kier alpha value is -2.98. The number of nitrogens with one attached hydrogen (secondary N) is 1. The quantitative estimate of drug-likeness (QED) is 0.185. The summed E-state index contributed by atoms with van der Waals surface area (Å²) < 4.78 is 23.1. The molecule has 0 unspecified atom stereocenters. The Morgan fingerprint density at radius 3 is 2.32 bits per heavy atom. The van der Waals surface area contributed by atoms with Crippen molar-refractivity contribution in [3.05, 3.63) is 79.9 Å². The van der Waals surface area contributed by atoms with Gasteiger partial charge in [-0.05, 0) is 77.0 Å². The molecule has 3 aromatic rings. The second kappa shape index (κ2) is 12.5. The van der Waals surface area contributed by atoms with E-state index in [1.165, 1.54) is 14.2 Å². The number of hydrazone groups is 1. The molecule has 0 aromatic heterocycles. The van der Waals surface area contributed by atoms with Gasteiger partial charge in [0.2, 0.25) is 0 Å². The van der Waals surface area contributed by atoms with E-state index in [1.807, 2.05) is 43.3 Å². The summed E-state index contributed by atoms with van der Waals surface area (Å²) >= 11 is 8.14. The number of ether oxygens (including phenoxy) is 4. The molecule has 0 atom stereocenters. The zero-order valence-electron chi connectivity index (χ0n) is 18.9. The summed E-state index contributed by atoms with van der Waals surface area (Å²) in [4.78, 5) is 12.5. The van der Waals surface area contributed by atoms with E-state index in [1.54, 1.807) is 24.4 Å². The van der Waals surface area contributed by atoms with Gasteiger partial charge >= 0.3 is 0 Å². The van der Waals surface area contributed by atoms with Crippen molar-refractivity contribution in [2.24, 2.45) is 5.10 Å². The second-order valence-corrected chi connectivity index (χ2v) is 8.58. The van der Waals surface area contributed by atoms with Crippen LogP contribution in [0.4, 0.5) is 0 Å². The molecule has 1 amide bonds. The number of benzene rings is 3. The van der Waals surface area contributed by atoms with E-state index in [4.69, 9.17) is 30.5 Å². The van der Waals surface area contributed by atoms with Crippen molar-refractivity contribution in [1.29, 1.82) is 0 Å². The Labute approximate surface area is 217 Å². The predicted molar refractivity (Wildman–Crippen MR) is 141 cm³/mol. The van der Waals surface area contributed by atoms with E-state index in [9.17, 15) is 4.79 Å². The molecule has 0 heterocycles. The highest BCUT2D eigenvalue weighted by Gasteiger charge is 2.13. The molecule has 0 aliphatic carbocycles. The zero-order chi connectivity index (χ0) is 24.5. The van der Waals surface area contributed by atoms with Crippen LogP contribution in [-0.2, 0) is 6.61 Å². The van der Waals surface area contributed by atoms with Crippen LogP contribution in [0.1, 0.15) is 28.4 Å². The Kier molecular flexibility index (Phi) is 9.41. The summed E-state index contributed by atoms with van der Waals surface area (Å²) in [5.41, 5.74) is 4.62. The lowest BCUT2D eigenvalue weighted by Crippen LogP contribution is -2.17. The third kappa shape index (κ3) is 7.01. The first-order valence-electron chi connectivity index (χ1n) is 10.3. The van der Waals surface area contributed by atoms with Crippen LogP contribution in [0.15, 0.2) is 59.7 Å². The molecule has 7 nitrogen and oxygen atoms in total. The normalized spacial score (nSPS) is 10.7. The fourth-order valence-corrected chi connectivity index (χ4v) is 3.88. The van der Waals surface area contributed by atoms with Gasteiger partial charge in [0.1, 0.15) is 18.1 Å². The van der Waals surface area contributed by atoms with Gasteiger partial charge in [-0.25, -0.2) is 5.43 Å². The van der Waals surface area contributed by atoms with Crippen molar-refractivity contribution in [3.63, 3.8) is 0 Å². The van der Waals surface area contributed by atoms with Gasteiger partial charge in [0.25, 0.3) is 5.91 Å². The predicted octanol–water partition coefficient (Wildman–Crippen LogP) is 5.70. The number of carbonyl (C=O) groups excluding carboxylic acids is 1. The van der Waals surface area contributed by atoms with Crippen LogP contribution in [0.5, 0.6) is 23.0 Å². The molecule has 0 aliphatic heterocycles. The molecule has 178 valence electrons. The van der Waals surface area contributed by atoms with Gasteiger partial charge in [-0.15, -0.1) is 0 Å². The molecule has 0 spiro atoms. The number of hydrogen-bond donors (Lipinski definition) is 1. The Morgan fingerprint density at radius 2 is 1.71 bits per heavy atom. The minimum Gasteiger partial charge on any atom is -0.497 e. The van der Waals surface area contributed by atoms with Gasteiger partial charge in [0.05, 0.1) is 30.6 Å². The van der Waals surface area contributed by atoms with Crippen molar-refractivity contribution in [2.45, 2.75) is 13.5 Å². The number of rotatable bonds is 10. The highest BCUT2D eigenvalue weighted by Crippen LogP contribution is 2.34. The second-order valence-electron chi connectivity index (χ2n) is 6.98. The van der Waals surface area contributed by atoms with Gasteiger partial charge in [0.15, 0.2) is 11.5 Å². The standard InChI is InChI=1S/C25H24ClIN2O5/c1-4-33-23-10-17(9-22(27)24(23)34-15-16-5-7-19(26)8-6-16)14-28-29-25(30)18-11-20(31-2)13-21(12-18)32-3/h5-14H,4,15H2,1-3H3,(H,29,30)/b28-14-. The molecule has 34 heavy (non-hydrogen) atoms. The lowest BCUT2D eigenvalue weighted by Gasteiger charge is -2.15. The van der Waals surface area contributed by atoms with Gasteiger partial charge < -0.3 is 18.9 Å². The fourth-order valence-electron chi connectivity index (χ4n) is 2.97. The van der Waals surface area contributed by atoms with Crippen molar-refractivity contribution < 1.29 is 23.7 Å². The number of methoxy groups -OCH3 is 2. The highest BCUT2D eigenvalue weighted by molar-refractivity contribution is 14.1. The molecular formula is C25H24ClIN2O5. The maximum absolute atomic E-state index is 12.5. The number of carbonyl (C=O) groups is 1. The van der Waals surface area contributed by atoms with Crippen LogP contribution in [0, 0.1) is 3.57 Å². The van der Waals surface area contributed by atoms with E-state index in [2.05, 4.69) is 33.1 Å². The van der Waals surface area contributed by atoms with Crippen molar-refractivity contribution in [3.8, 4) is 23.0 Å². The Morgan fingerprint density at radius 1 is 1.03 bits per heavy atom. The number of hydrogen-bond acceptors (Lipinski definition) is 6. The third-order valence-corrected chi connectivity index (χ3v) is 5.67. The van der Waals surface area contributed by atoms with Crippen LogP contribution in [0.25, 0.3) is 0 Å². The lowest BCUT2D eigenvalue weighted by molar-refractivity contribution is 0.0954. The minimum atomic E-state index is -0.393. The first kappa shape index (κ1) is 25.6. The van der Waals surface area contributed by atoms with Gasteiger partial charge in [-0.1, -0.05) is 23.7 Å². The molecule has 0 radical (unpaired) electrons. The highest BCUT2D eigenvalue weighted by atomic mass is 127. The summed E-state index contributed by atoms with van der Waals surface area (Å²) in [6.07, 6.45) is 1.54. The van der Waals surface area contributed by atoms with E-state index >= 15 is 0 Å². The molecule has 0 saturated carbocycles. The summed E-state index contributed by atoms with van der Waals surface area (Å²) in [5.74, 6) is 1.86. The molecule has 3 rings (SSSR count). The molecule has 1 N–H and O–H groups in total. The van der Waals surface area contributed by atoms with Crippen LogP contribution in [-0.4, -0.2) is 32.9 Å². The molecule has 3 aromatic carbocycles. The van der Waals surface area contributed by atoms with Crippen LogP contribution in [0.2, 0.25) is 5.02 Å². The molecule has 0 saturated heterocycles. The molecular weight excluding hydrogens is 571 g/mol. The maximum atomic E-state index is 12.5. The summed E-state index contributed by atoms with van der Waals surface area (Å²) in [5, 5.41) is 4.76. The SMILES string of the molecule is CCOc1cc(/C=N\NC(=O)c2cc(OC)cc(OC)c2)cc(I)c1OCc1ccc(Cl)cc1. The zero-order valence-corrected chi connectivity index (χ0v) is 21.8. The van der Waals surface area contributed by atoms with Crippen LogP contribution < -0.4 is 24.4 Å². The van der Waals surface area contributed by atoms with E-state index < -0.39 is 5.91 Å². The topological polar surface area (TPSA) is 78.4 Å². The fraction of sp³-hybridized carbons (Fsp3) is 0.200. The first-order chi connectivity index (χ1) is 16.4. The third-order valence-electron chi connectivity index (χ3n) is 4.62. The summed E-state index contributed by atoms with van der Waals surface area (Å²) in [7, 11) is 3.05. The van der Waals surface area contributed by atoms with Crippen molar-refractivity contribution in [2.75, 3.05) is 20.8 Å². The Bertz CT molecular complexity index is 1150. The minimum absolute atomic E-state index is 0.365. The van der Waals surface area contributed by atoms with E-state index in [0.717, 1.165) is 14.7 Å². The van der Waals surface area contributed by atoms with Crippen LogP contribution >= 0.6 is 34.2 Å². The van der Waals surface area contributed by atoms with Gasteiger partial charge in [-0.3, -0.25) is 4.79 Å². The van der Waals surface area contributed by atoms with Gasteiger partial charge in [-0.2, -0.15) is 5.10 Å². The monoisotopic (exact) mass is 594 g/mol. The number of nitrogens with zero attached hydrogens (tertiary/aromatic N) is 1. The van der Waals surface area contributed by atoms with E-state index in [0.29, 0.717) is 46.8 Å². The van der Waals surface area contributed by atoms with Crippen LogP contribution in [0.3, 0.4) is 0 Å². The number of amides is 1. The summed E-state index contributed by atoms with van der Waals surface area (Å²) in [6, 6.07) is 16.1. The summed E-state index contributed by atoms with van der Waals surface area (Å²) in [6.45, 7) is 2.75. The van der Waals surface area contributed by atoms with Crippen molar-refractivity contribution >= 4 is 46.3 Å². The molecule has 0 bridgehead atoms. The smallest absolute Gasteiger partial charge is 0.271 e. The number of halogens is 2. The lowest BCUT2D eigenvalue weighted by atomic mass is 10.2. The molecule has 0 fully saturated rings. The van der Waals surface area contributed by atoms with Gasteiger partial charge in [0, 0.05) is 16.7 Å².